The third-order valence-electron chi connectivity index (χ3n) is 4.58. The number of ether oxygens (including phenoxy) is 1. The normalized spacial score (nSPS) is 10.9. The second-order valence-corrected chi connectivity index (χ2v) is 6.46. The van der Waals surface area contributed by atoms with Crippen LogP contribution in [0.3, 0.4) is 0 Å². The number of fused-ring (bicyclic) bond motifs is 1. The van der Waals surface area contributed by atoms with E-state index in [1.807, 2.05) is 53.2 Å². The molecule has 0 bridgehead atoms. The second-order valence-electron chi connectivity index (χ2n) is 6.46. The minimum absolute atomic E-state index is 0.194. The molecule has 0 aliphatic rings. The van der Waals surface area contributed by atoms with Gasteiger partial charge in [-0.15, -0.1) is 0 Å². The van der Waals surface area contributed by atoms with E-state index in [2.05, 4.69) is 17.2 Å². The topological polar surface area (TPSA) is 69.3 Å². The van der Waals surface area contributed by atoms with Crippen LogP contribution in [0.1, 0.15) is 22.8 Å². The van der Waals surface area contributed by atoms with E-state index in [4.69, 9.17) is 9.15 Å². The lowest BCUT2D eigenvalue weighted by Gasteiger charge is -2.08. The monoisotopic (exact) mass is 375 g/mol. The third-order valence-corrected chi connectivity index (χ3v) is 4.58. The van der Waals surface area contributed by atoms with Gasteiger partial charge in [-0.25, -0.2) is 4.98 Å². The molecule has 0 saturated carbocycles. The molecule has 6 nitrogen and oxygen atoms in total. The Balaban J connectivity index is 1.39. The summed E-state index contributed by atoms with van der Waals surface area (Å²) in [5.74, 6) is 0.556. The number of anilines is 1. The number of hydrogen-bond donors (Lipinski definition) is 1. The van der Waals surface area contributed by atoms with Crippen molar-refractivity contribution in [2.75, 3.05) is 11.9 Å². The minimum atomic E-state index is -0.194. The van der Waals surface area contributed by atoms with Gasteiger partial charge < -0.3 is 19.0 Å². The zero-order chi connectivity index (χ0) is 19.3. The van der Waals surface area contributed by atoms with Gasteiger partial charge >= 0.3 is 0 Å². The smallest absolute Gasteiger partial charge is 0.259 e. The van der Waals surface area contributed by atoms with Crippen LogP contribution in [-0.2, 0) is 13.0 Å². The molecule has 0 unspecified atom stereocenters. The molecule has 0 aliphatic heterocycles. The number of aromatic nitrogens is 2. The lowest BCUT2D eigenvalue weighted by Crippen LogP contribution is -2.11. The molecule has 0 spiro atoms. The summed E-state index contributed by atoms with van der Waals surface area (Å²) in [6, 6.07) is 13.2. The average Bonchev–Trinajstić information content (AvgIpc) is 3.38. The molecule has 6 heteroatoms. The van der Waals surface area contributed by atoms with E-state index < -0.39 is 0 Å². The van der Waals surface area contributed by atoms with E-state index in [0.717, 1.165) is 24.1 Å². The van der Waals surface area contributed by atoms with E-state index >= 15 is 0 Å². The summed E-state index contributed by atoms with van der Waals surface area (Å²) in [4.78, 5) is 16.7. The Morgan fingerprint density at radius 1 is 1.21 bits per heavy atom. The number of imidazole rings is 1. The van der Waals surface area contributed by atoms with Crippen LogP contribution in [0, 0.1) is 0 Å². The van der Waals surface area contributed by atoms with Gasteiger partial charge in [-0.3, -0.25) is 4.79 Å². The van der Waals surface area contributed by atoms with Crippen LogP contribution in [0.4, 0.5) is 5.69 Å². The average molecular weight is 375 g/mol. The van der Waals surface area contributed by atoms with E-state index in [1.54, 1.807) is 12.5 Å². The van der Waals surface area contributed by atoms with Crippen molar-refractivity contribution in [3.8, 4) is 5.75 Å². The molecule has 28 heavy (non-hydrogen) atoms. The van der Waals surface area contributed by atoms with Crippen LogP contribution >= 0.6 is 0 Å². The van der Waals surface area contributed by atoms with Crippen LogP contribution in [0.25, 0.3) is 11.0 Å². The van der Waals surface area contributed by atoms with E-state index in [9.17, 15) is 4.79 Å². The molecule has 142 valence electrons. The Hall–Kier alpha value is -3.54. The fraction of sp³-hybridized carbons (Fsp3) is 0.182. The first-order valence-corrected chi connectivity index (χ1v) is 9.23. The lowest BCUT2D eigenvalue weighted by atomic mass is 10.1. The van der Waals surface area contributed by atoms with Crippen molar-refractivity contribution in [1.29, 1.82) is 0 Å². The summed E-state index contributed by atoms with van der Waals surface area (Å²) in [7, 11) is 0. The van der Waals surface area contributed by atoms with E-state index in [1.165, 1.54) is 11.8 Å². The van der Waals surface area contributed by atoms with Gasteiger partial charge in [0.25, 0.3) is 5.91 Å². The highest BCUT2D eigenvalue weighted by Gasteiger charge is 2.14. The van der Waals surface area contributed by atoms with Gasteiger partial charge in [-0.05, 0) is 48.4 Å². The maximum absolute atomic E-state index is 12.7. The Labute approximate surface area is 162 Å². The maximum atomic E-state index is 12.7. The van der Waals surface area contributed by atoms with E-state index in [0.29, 0.717) is 23.4 Å². The van der Waals surface area contributed by atoms with E-state index in [-0.39, 0.29) is 5.91 Å². The fourth-order valence-electron chi connectivity index (χ4n) is 2.99. The van der Waals surface area contributed by atoms with Crippen LogP contribution in [0.2, 0.25) is 0 Å². The molecule has 0 radical (unpaired) electrons. The van der Waals surface area contributed by atoms with Gasteiger partial charge in [0.1, 0.15) is 24.2 Å². The van der Waals surface area contributed by atoms with Gasteiger partial charge in [0, 0.05) is 23.5 Å². The van der Waals surface area contributed by atoms with Crippen LogP contribution in [0.15, 0.2) is 71.9 Å². The zero-order valence-electron chi connectivity index (χ0n) is 15.6. The molecule has 1 N–H and O–H groups in total. The van der Waals surface area contributed by atoms with Crippen LogP contribution in [0.5, 0.6) is 5.75 Å². The van der Waals surface area contributed by atoms with Gasteiger partial charge in [-0.1, -0.05) is 13.0 Å². The highest BCUT2D eigenvalue weighted by Crippen LogP contribution is 2.24. The van der Waals surface area contributed by atoms with Crippen molar-refractivity contribution >= 4 is 22.6 Å². The van der Waals surface area contributed by atoms with Crippen molar-refractivity contribution in [3.05, 3.63) is 78.6 Å². The number of aryl methyl sites for hydroxylation is 1. The van der Waals surface area contributed by atoms with Crippen molar-refractivity contribution in [2.24, 2.45) is 0 Å². The number of amides is 1. The minimum Gasteiger partial charge on any atom is -0.492 e. The number of furan rings is 1. The van der Waals surface area contributed by atoms with Crippen LogP contribution < -0.4 is 10.1 Å². The molecule has 0 fully saturated rings. The molecular weight excluding hydrogens is 354 g/mol. The first kappa shape index (κ1) is 17.9. The summed E-state index contributed by atoms with van der Waals surface area (Å²) in [6.07, 6.45) is 7.80. The number of carbonyl (C=O) groups is 1. The molecule has 2 aromatic carbocycles. The van der Waals surface area contributed by atoms with Gasteiger partial charge in [0.15, 0.2) is 0 Å². The third kappa shape index (κ3) is 3.91. The number of nitrogens with one attached hydrogen (secondary N) is 1. The molecular formula is C22H21N3O3. The Kier molecular flexibility index (Phi) is 5.10. The highest BCUT2D eigenvalue weighted by molar-refractivity contribution is 6.12. The Morgan fingerprint density at radius 2 is 2.07 bits per heavy atom. The molecule has 0 aliphatic carbocycles. The number of nitrogens with zero attached hydrogens (tertiary/aromatic N) is 2. The first-order chi connectivity index (χ1) is 13.7. The van der Waals surface area contributed by atoms with Crippen molar-refractivity contribution in [1.82, 2.24) is 9.55 Å². The number of carbonyl (C=O) groups excluding carboxylic acids is 1. The molecule has 0 atom stereocenters. The van der Waals surface area contributed by atoms with Gasteiger partial charge in [-0.2, -0.15) is 0 Å². The largest absolute Gasteiger partial charge is 0.492 e. The van der Waals surface area contributed by atoms with Crippen molar-refractivity contribution < 1.29 is 13.9 Å². The molecule has 2 heterocycles. The van der Waals surface area contributed by atoms with Crippen LogP contribution in [-0.4, -0.2) is 22.1 Å². The molecule has 4 aromatic rings. The van der Waals surface area contributed by atoms with Crippen molar-refractivity contribution in [2.45, 2.75) is 19.9 Å². The number of rotatable bonds is 7. The predicted octanol–water partition coefficient (Wildman–Crippen LogP) is 4.52. The Bertz CT molecular complexity index is 1070. The summed E-state index contributed by atoms with van der Waals surface area (Å²) in [6.45, 7) is 3.36. The standard InChI is InChI=1S/C22H21N3O3/c1-2-16-3-8-21-19(13-16)20(14-28-21)22(26)24-17-4-6-18(7-5-17)27-12-11-25-10-9-23-15-25/h3-10,13-15H,2,11-12H2,1H3,(H,24,26). The molecule has 4 rings (SSSR count). The summed E-state index contributed by atoms with van der Waals surface area (Å²) < 4.78 is 13.2. The summed E-state index contributed by atoms with van der Waals surface area (Å²) in [5, 5.41) is 3.74. The number of hydrogen-bond acceptors (Lipinski definition) is 4. The molecule has 2 aromatic heterocycles. The lowest BCUT2D eigenvalue weighted by molar-refractivity contribution is 0.102. The molecule has 1 amide bonds. The summed E-state index contributed by atoms with van der Waals surface area (Å²) in [5.41, 5.74) is 3.11. The second kappa shape index (κ2) is 8.00. The predicted molar refractivity (Wildman–Crippen MR) is 108 cm³/mol. The number of benzene rings is 2. The summed E-state index contributed by atoms with van der Waals surface area (Å²) >= 11 is 0. The Morgan fingerprint density at radius 3 is 2.82 bits per heavy atom. The van der Waals surface area contributed by atoms with Crippen molar-refractivity contribution in [3.63, 3.8) is 0 Å². The quantitative estimate of drug-likeness (QED) is 0.515. The first-order valence-electron chi connectivity index (χ1n) is 9.23. The zero-order valence-corrected chi connectivity index (χ0v) is 15.6. The van der Waals surface area contributed by atoms with Gasteiger partial charge in [0.2, 0.25) is 0 Å². The van der Waals surface area contributed by atoms with Gasteiger partial charge in [0.05, 0.1) is 18.4 Å². The molecule has 0 saturated heterocycles. The maximum Gasteiger partial charge on any atom is 0.259 e. The SMILES string of the molecule is CCc1ccc2occ(C(=O)Nc3ccc(OCCn4ccnc4)cc3)c2c1. The fourth-order valence-corrected chi connectivity index (χ4v) is 2.99. The highest BCUT2D eigenvalue weighted by atomic mass is 16.5.